The molecule has 12 heteroatoms. The lowest BCUT2D eigenvalue weighted by atomic mass is 9.83. The van der Waals surface area contributed by atoms with E-state index >= 15 is 0 Å². The number of carbonyl (C=O) groups is 6. The first-order valence-electron chi connectivity index (χ1n) is 18.0. The number of piperidine rings is 1. The van der Waals surface area contributed by atoms with Gasteiger partial charge in [0, 0.05) is 26.1 Å². The number of alkyl carbamates (subject to hydrolysis) is 1. The van der Waals surface area contributed by atoms with Gasteiger partial charge in [0.25, 0.3) is 5.91 Å². The molecule has 3 aliphatic rings. The number of allylic oxidation sites excluding steroid dienone is 1. The number of nitrogens with one attached hydrogen (secondary N) is 4. The molecule has 2 aliphatic carbocycles. The third-order valence-corrected chi connectivity index (χ3v) is 10.3. The molecule has 4 N–H and O–H groups in total. The monoisotopic (exact) mass is 693 g/mol. The lowest BCUT2D eigenvalue weighted by molar-refractivity contribution is -0.145. The van der Waals surface area contributed by atoms with Gasteiger partial charge < -0.3 is 30.9 Å². The van der Waals surface area contributed by atoms with Crippen LogP contribution in [0.3, 0.4) is 0 Å². The first-order chi connectivity index (χ1) is 23.6. The highest BCUT2D eigenvalue weighted by Gasteiger charge is 2.69. The minimum absolute atomic E-state index is 0.0215. The van der Waals surface area contributed by atoms with E-state index in [2.05, 4.69) is 41.7 Å². The third kappa shape index (κ3) is 9.94. The Morgan fingerprint density at radius 3 is 2.32 bits per heavy atom. The fourth-order valence-electron chi connectivity index (χ4n) is 7.51. The average Bonchev–Trinajstić information content (AvgIpc) is 3.38. The van der Waals surface area contributed by atoms with Crippen molar-refractivity contribution in [2.75, 3.05) is 13.1 Å². The summed E-state index contributed by atoms with van der Waals surface area (Å²) in [4.78, 5) is 81.5. The summed E-state index contributed by atoms with van der Waals surface area (Å²) in [6, 6.07) is 6.53. The summed E-state index contributed by atoms with van der Waals surface area (Å²) in [5, 5.41) is 10.9. The molecule has 1 aromatic carbocycles. The summed E-state index contributed by atoms with van der Waals surface area (Å²) in [5.74, 6) is -3.01. The second-order valence-electron chi connectivity index (χ2n) is 15.5. The number of rotatable bonds is 15. The molecule has 1 saturated heterocycles. The smallest absolute Gasteiger partial charge is 0.408 e. The molecule has 50 heavy (non-hydrogen) atoms. The number of carbonyl (C=O) groups excluding carboxylic acids is 6. The number of hydrogen-bond donors (Lipinski definition) is 4. The van der Waals surface area contributed by atoms with E-state index in [1.807, 2.05) is 30.3 Å². The molecule has 2 unspecified atom stereocenters. The molecular formula is C38H55N5O7. The van der Waals surface area contributed by atoms with Gasteiger partial charge in [-0.3, -0.25) is 24.0 Å². The number of hydrogen-bond acceptors (Lipinski definition) is 7. The summed E-state index contributed by atoms with van der Waals surface area (Å²) in [7, 11) is 0. The van der Waals surface area contributed by atoms with Crippen LogP contribution in [0.25, 0.3) is 0 Å². The van der Waals surface area contributed by atoms with Crippen molar-refractivity contribution in [3.8, 4) is 0 Å². The van der Waals surface area contributed by atoms with Gasteiger partial charge in [0.05, 0.1) is 6.04 Å². The number of amides is 5. The van der Waals surface area contributed by atoms with Crippen LogP contribution in [0.5, 0.6) is 0 Å². The molecule has 0 spiro atoms. The number of ether oxygens (including phenoxy) is 1. The molecule has 0 aromatic heterocycles. The van der Waals surface area contributed by atoms with Crippen LogP contribution in [0.15, 0.2) is 43.0 Å². The Morgan fingerprint density at radius 2 is 1.68 bits per heavy atom. The Kier molecular flexibility index (Phi) is 12.9. The number of likely N-dealkylation sites (tertiary alicyclic amines) is 1. The highest BCUT2D eigenvalue weighted by atomic mass is 16.6. The first kappa shape index (κ1) is 38.6. The highest BCUT2D eigenvalue weighted by Crippen LogP contribution is 2.65. The molecule has 0 bridgehead atoms. The molecule has 5 atom stereocenters. The van der Waals surface area contributed by atoms with Gasteiger partial charge in [-0.25, -0.2) is 4.79 Å². The summed E-state index contributed by atoms with van der Waals surface area (Å²) >= 11 is 0. The minimum Gasteiger partial charge on any atom is -0.444 e. The summed E-state index contributed by atoms with van der Waals surface area (Å²) in [6.45, 7) is 13.8. The molecule has 4 rings (SSSR count). The average molecular weight is 694 g/mol. The van der Waals surface area contributed by atoms with E-state index in [1.54, 1.807) is 31.7 Å². The van der Waals surface area contributed by atoms with Gasteiger partial charge in [0.15, 0.2) is 0 Å². The van der Waals surface area contributed by atoms with Crippen molar-refractivity contribution in [2.24, 2.45) is 23.2 Å². The van der Waals surface area contributed by atoms with Gasteiger partial charge in [0.1, 0.15) is 17.7 Å². The van der Waals surface area contributed by atoms with E-state index in [0.29, 0.717) is 19.5 Å². The van der Waals surface area contributed by atoms with Crippen molar-refractivity contribution < 1.29 is 33.5 Å². The number of benzene rings is 1. The van der Waals surface area contributed by atoms with Crippen LogP contribution in [0.1, 0.15) is 91.5 Å². The van der Waals surface area contributed by atoms with Crippen LogP contribution in [0.2, 0.25) is 0 Å². The Labute approximate surface area is 295 Å². The highest BCUT2D eigenvalue weighted by molar-refractivity contribution is 6.38. The van der Waals surface area contributed by atoms with E-state index in [4.69, 9.17) is 4.74 Å². The minimum atomic E-state index is -1.15. The van der Waals surface area contributed by atoms with Gasteiger partial charge in [-0.05, 0) is 75.2 Å². The zero-order chi connectivity index (χ0) is 36.6. The molecule has 0 radical (unpaired) electrons. The van der Waals surface area contributed by atoms with E-state index in [9.17, 15) is 28.8 Å². The lowest BCUT2D eigenvalue weighted by Crippen LogP contribution is -2.59. The van der Waals surface area contributed by atoms with Crippen LogP contribution in [-0.2, 0) is 35.3 Å². The van der Waals surface area contributed by atoms with Gasteiger partial charge in [-0.15, -0.1) is 6.58 Å². The molecule has 274 valence electrons. The van der Waals surface area contributed by atoms with Crippen molar-refractivity contribution in [2.45, 2.75) is 116 Å². The predicted octanol–water partition coefficient (Wildman–Crippen LogP) is 3.79. The Bertz CT molecular complexity index is 1420. The molecule has 1 aromatic rings. The number of ketones is 1. The SMILES string of the molecule is C=CCCC(NC(=O)[C@@H]1[C@@H]2C(CN1C(=O)[C@@H](NC(=O)OC(C)(C)C)C1CCCCC1)C2(C)C)C(=O)C(=O)NCCC(=O)NCc1ccccc1. The molecule has 1 aliphatic heterocycles. The van der Waals surface area contributed by atoms with Crippen molar-refractivity contribution in [1.82, 2.24) is 26.2 Å². The van der Waals surface area contributed by atoms with Crippen molar-refractivity contribution in [3.05, 3.63) is 48.6 Å². The largest absolute Gasteiger partial charge is 0.444 e. The predicted molar refractivity (Wildman–Crippen MR) is 188 cm³/mol. The van der Waals surface area contributed by atoms with E-state index in [1.165, 1.54) is 0 Å². The van der Waals surface area contributed by atoms with Crippen LogP contribution < -0.4 is 21.3 Å². The zero-order valence-electron chi connectivity index (χ0n) is 30.2. The van der Waals surface area contributed by atoms with Gasteiger partial charge in [-0.2, -0.15) is 0 Å². The molecule has 2 saturated carbocycles. The van der Waals surface area contributed by atoms with Crippen LogP contribution in [0, 0.1) is 23.2 Å². The van der Waals surface area contributed by atoms with Crippen molar-refractivity contribution in [3.63, 3.8) is 0 Å². The van der Waals surface area contributed by atoms with Crippen LogP contribution in [-0.4, -0.2) is 77.2 Å². The number of Topliss-reactive ketones (excluding diaryl/α,β-unsaturated/α-hetero) is 1. The van der Waals surface area contributed by atoms with Gasteiger partial charge in [0.2, 0.25) is 23.5 Å². The number of nitrogens with zero attached hydrogens (tertiary/aromatic N) is 1. The Balaban J connectivity index is 1.43. The second kappa shape index (κ2) is 16.7. The first-order valence-corrected chi connectivity index (χ1v) is 18.0. The second-order valence-corrected chi connectivity index (χ2v) is 15.5. The standard InChI is InChI=1S/C38H55N5O7/c1-7-8-19-27(32(45)34(47)39-21-20-28(44)40-22-24-15-11-9-12-16-24)41-33(46)31-29-26(38(29,5)6)23-43(31)35(48)30(25-17-13-10-14-18-25)42-36(49)50-37(2,3)4/h7,9,11-12,15-16,25-27,29-31H,1,8,10,13-14,17-23H2,2-6H3,(H,39,47)(H,40,44)(H,41,46)(H,42,49)/t26?,27?,29-,30-,31-/m0/s1. The topological polar surface area (TPSA) is 163 Å². The Hall–Kier alpha value is -4.22. The molecule has 5 amide bonds. The lowest BCUT2D eigenvalue weighted by Gasteiger charge is -2.37. The fraction of sp³-hybridized carbons (Fsp3) is 0.632. The van der Waals surface area contributed by atoms with Crippen molar-refractivity contribution in [1.29, 1.82) is 0 Å². The summed E-state index contributed by atoms with van der Waals surface area (Å²) in [6.07, 6.45) is 5.90. The maximum atomic E-state index is 14.3. The van der Waals surface area contributed by atoms with Crippen LogP contribution >= 0.6 is 0 Å². The molecule has 3 fully saturated rings. The zero-order valence-corrected chi connectivity index (χ0v) is 30.2. The normalized spacial score (nSPS) is 22.3. The van der Waals surface area contributed by atoms with E-state index in [-0.39, 0.29) is 54.4 Å². The molecule has 1 heterocycles. The van der Waals surface area contributed by atoms with Crippen LogP contribution in [0.4, 0.5) is 4.79 Å². The van der Waals surface area contributed by atoms with E-state index < -0.39 is 47.4 Å². The molecule has 12 nitrogen and oxygen atoms in total. The molecular weight excluding hydrogens is 638 g/mol. The summed E-state index contributed by atoms with van der Waals surface area (Å²) in [5.41, 5.74) is -0.00953. The Morgan fingerprint density at radius 1 is 1.00 bits per heavy atom. The maximum Gasteiger partial charge on any atom is 0.408 e. The van der Waals surface area contributed by atoms with Crippen molar-refractivity contribution >= 4 is 35.5 Å². The van der Waals surface area contributed by atoms with E-state index in [0.717, 1.165) is 37.7 Å². The maximum absolute atomic E-state index is 14.3. The van der Waals surface area contributed by atoms with Gasteiger partial charge in [-0.1, -0.05) is 69.5 Å². The summed E-state index contributed by atoms with van der Waals surface area (Å²) < 4.78 is 5.51. The fourth-order valence-corrected chi connectivity index (χ4v) is 7.51. The quantitative estimate of drug-likeness (QED) is 0.161. The van der Waals surface area contributed by atoms with Gasteiger partial charge >= 0.3 is 6.09 Å². The number of fused-ring (bicyclic) bond motifs is 1. The third-order valence-electron chi connectivity index (χ3n) is 10.3.